The van der Waals surface area contributed by atoms with E-state index in [9.17, 15) is 9.18 Å². The predicted octanol–water partition coefficient (Wildman–Crippen LogP) is 2.91. The van der Waals surface area contributed by atoms with Crippen LogP contribution in [0.15, 0.2) is 33.7 Å². The summed E-state index contributed by atoms with van der Waals surface area (Å²) in [5.41, 5.74) is 0. The Hall–Kier alpha value is -1.89. The summed E-state index contributed by atoms with van der Waals surface area (Å²) >= 11 is 1.41. The molecule has 20 heavy (non-hydrogen) atoms. The molecular formula is C13H13FN2O3S. The van der Waals surface area contributed by atoms with Crippen molar-refractivity contribution in [1.29, 1.82) is 0 Å². The molecular weight excluding hydrogens is 283 g/mol. The fraction of sp³-hybridized carbons (Fsp3) is 0.308. The number of carboxylic acid groups (broad SMARTS) is 1. The van der Waals surface area contributed by atoms with Gasteiger partial charge in [0.05, 0.1) is 5.75 Å². The number of thioether (sulfide) groups is 1. The van der Waals surface area contributed by atoms with Gasteiger partial charge in [-0.3, -0.25) is 4.79 Å². The molecule has 2 aromatic rings. The minimum Gasteiger partial charge on any atom is -0.481 e. The summed E-state index contributed by atoms with van der Waals surface area (Å²) < 4.78 is 18.0. The number of aliphatic carboxylic acids is 1. The van der Waals surface area contributed by atoms with E-state index in [4.69, 9.17) is 9.63 Å². The van der Waals surface area contributed by atoms with Crippen LogP contribution in [0.5, 0.6) is 0 Å². The number of halogens is 1. The van der Waals surface area contributed by atoms with Crippen molar-refractivity contribution >= 4 is 17.7 Å². The highest BCUT2D eigenvalue weighted by atomic mass is 32.2. The van der Waals surface area contributed by atoms with Gasteiger partial charge < -0.3 is 9.63 Å². The molecule has 1 aromatic carbocycles. The van der Waals surface area contributed by atoms with Crippen molar-refractivity contribution in [3.05, 3.63) is 41.8 Å². The van der Waals surface area contributed by atoms with E-state index in [1.165, 1.54) is 23.9 Å². The van der Waals surface area contributed by atoms with Gasteiger partial charge in [-0.2, -0.15) is 4.98 Å². The fourth-order valence-corrected chi connectivity index (χ4v) is 2.33. The van der Waals surface area contributed by atoms with Crippen LogP contribution in [-0.2, 0) is 17.0 Å². The first-order valence-corrected chi connectivity index (χ1v) is 7.03. The van der Waals surface area contributed by atoms with E-state index < -0.39 is 5.97 Å². The van der Waals surface area contributed by atoms with Gasteiger partial charge in [0.2, 0.25) is 5.89 Å². The molecule has 0 atom stereocenters. The Balaban J connectivity index is 1.82. The van der Waals surface area contributed by atoms with E-state index in [1.807, 2.05) is 6.07 Å². The maximum absolute atomic E-state index is 13.0. The zero-order valence-electron chi connectivity index (χ0n) is 10.6. The summed E-state index contributed by atoms with van der Waals surface area (Å²) in [4.78, 5) is 15.3. The molecule has 7 heteroatoms. The van der Waals surface area contributed by atoms with Crippen molar-refractivity contribution in [3.8, 4) is 0 Å². The molecule has 0 radical (unpaired) electrons. The van der Waals surface area contributed by atoms with Crippen molar-refractivity contribution in [2.45, 2.75) is 29.9 Å². The smallest absolute Gasteiger partial charge is 0.303 e. The number of aromatic nitrogens is 2. The Morgan fingerprint density at radius 3 is 3.05 bits per heavy atom. The van der Waals surface area contributed by atoms with Crippen LogP contribution >= 0.6 is 11.8 Å². The molecule has 0 fully saturated rings. The first-order chi connectivity index (χ1) is 9.63. The van der Waals surface area contributed by atoms with Crippen molar-refractivity contribution < 1.29 is 18.8 Å². The Labute approximate surface area is 119 Å². The lowest BCUT2D eigenvalue weighted by molar-refractivity contribution is -0.137. The molecule has 1 N–H and O–H groups in total. The first-order valence-electron chi connectivity index (χ1n) is 6.05. The number of carbonyl (C=O) groups is 1. The van der Waals surface area contributed by atoms with E-state index in [0.717, 1.165) is 4.90 Å². The molecule has 2 rings (SSSR count). The first kappa shape index (κ1) is 14.5. The Morgan fingerprint density at radius 2 is 2.30 bits per heavy atom. The summed E-state index contributed by atoms with van der Waals surface area (Å²) in [6, 6.07) is 6.28. The fourth-order valence-electron chi connectivity index (χ4n) is 1.55. The summed E-state index contributed by atoms with van der Waals surface area (Å²) in [5.74, 6) is 0.306. The molecule has 0 saturated heterocycles. The highest BCUT2D eigenvalue weighted by molar-refractivity contribution is 7.98. The van der Waals surface area contributed by atoms with Crippen LogP contribution in [-0.4, -0.2) is 21.2 Å². The van der Waals surface area contributed by atoms with Gasteiger partial charge in [0.1, 0.15) is 5.82 Å². The maximum Gasteiger partial charge on any atom is 0.303 e. The summed E-state index contributed by atoms with van der Waals surface area (Å²) in [6.07, 6.45) is 0.994. The van der Waals surface area contributed by atoms with Gasteiger partial charge in [0.15, 0.2) is 5.82 Å². The lowest BCUT2D eigenvalue weighted by atomic mass is 10.2. The number of nitrogens with zero attached hydrogens (tertiary/aromatic N) is 2. The Kier molecular flexibility index (Phi) is 5.11. The van der Waals surface area contributed by atoms with Gasteiger partial charge >= 0.3 is 5.97 Å². The third-order valence-corrected chi connectivity index (χ3v) is 3.45. The second-order valence-corrected chi connectivity index (χ2v) is 5.15. The number of carboxylic acids is 1. The number of aryl methyl sites for hydroxylation is 1. The Morgan fingerprint density at radius 1 is 1.45 bits per heavy atom. The summed E-state index contributed by atoms with van der Waals surface area (Å²) in [7, 11) is 0. The highest BCUT2D eigenvalue weighted by Gasteiger charge is 2.08. The third-order valence-electron chi connectivity index (χ3n) is 2.46. The third kappa shape index (κ3) is 4.65. The van der Waals surface area contributed by atoms with Gasteiger partial charge in [-0.15, -0.1) is 11.8 Å². The SMILES string of the molecule is O=C(O)CCCc1nc(CSc2cccc(F)c2)no1. The normalized spacial score (nSPS) is 10.7. The number of hydrogen-bond acceptors (Lipinski definition) is 5. The van der Waals surface area contributed by atoms with Crippen molar-refractivity contribution in [3.63, 3.8) is 0 Å². The van der Waals surface area contributed by atoms with Gasteiger partial charge in [-0.25, -0.2) is 4.39 Å². The lowest BCUT2D eigenvalue weighted by Crippen LogP contribution is -1.96. The zero-order chi connectivity index (χ0) is 14.4. The predicted molar refractivity (Wildman–Crippen MR) is 70.8 cm³/mol. The highest BCUT2D eigenvalue weighted by Crippen LogP contribution is 2.22. The largest absolute Gasteiger partial charge is 0.481 e. The van der Waals surface area contributed by atoms with Gasteiger partial charge in [0.25, 0.3) is 0 Å². The minimum absolute atomic E-state index is 0.0791. The van der Waals surface area contributed by atoms with E-state index in [2.05, 4.69) is 10.1 Å². The molecule has 0 amide bonds. The van der Waals surface area contributed by atoms with Crippen LogP contribution in [0.25, 0.3) is 0 Å². The van der Waals surface area contributed by atoms with Crippen LogP contribution in [0.3, 0.4) is 0 Å². The standard InChI is InChI=1S/C13H13FN2O3S/c14-9-3-1-4-10(7-9)20-8-11-15-12(19-16-11)5-2-6-13(17)18/h1,3-4,7H,2,5-6,8H2,(H,17,18). The van der Waals surface area contributed by atoms with E-state index >= 15 is 0 Å². The monoisotopic (exact) mass is 296 g/mol. The van der Waals surface area contributed by atoms with Crippen LogP contribution in [0.2, 0.25) is 0 Å². The van der Waals surface area contributed by atoms with Crippen molar-refractivity contribution in [2.75, 3.05) is 0 Å². The zero-order valence-corrected chi connectivity index (χ0v) is 11.4. The molecule has 5 nitrogen and oxygen atoms in total. The molecule has 0 aliphatic rings. The summed E-state index contributed by atoms with van der Waals surface area (Å²) in [6.45, 7) is 0. The second kappa shape index (κ2) is 7.04. The molecule has 0 unspecified atom stereocenters. The Bertz CT molecular complexity index is 589. The molecule has 106 valence electrons. The molecule has 1 heterocycles. The molecule has 0 aliphatic heterocycles. The van der Waals surface area contributed by atoms with Gasteiger partial charge in [-0.05, 0) is 24.6 Å². The molecule has 1 aromatic heterocycles. The number of rotatable bonds is 7. The van der Waals surface area contributed by atoms with Crippen LogP contribution in [0, 0.1) is 5.82 Å². The molecule has 0 bridgehead atoms. The van der Waals surface area contributed by atoms with E-state index in [0.29, 0.717) is 30.3 Å². The van der Waals surface area contributed by atoms with Crippen LogP contribution < -0.4 is 0 Å². The van der Waals surface area contributed by atoms with Crippen LogP contribution in [0.4, 0.5) is 4.39 Å². The average molecular weight is 296 g/mol. The maximum atomic E-state index is 13.0. The molecule has 0 spiro atoms. The molecule has 0 saturated carbocycles. The number of hydrogen-bond donors (Lipinski definition) is 1. The van der Waals surface area contributed by atoms with Gasteiger partial charge in [0, 0.05) is 17.7 Å². The second-order valence-electron chi connectivity index (χ2n) is 4.10. The van der Waals surface area contributed by atoms with Crippen molar-refractivity contribution in [2.24, 2.45) is 0 Å². The molecule has 0 aliphatic carbocycles. The van der Waals surface area contributed by atoms with Crippen molar-refractivity contribution in [1.82, 2.24) is 10.1 Å². The quantitative estimate of drug-likeness (QED) is 0.792. The van der Waals surface area contributed by atoms with Gasteiger partial charge in [-0.1, -0.05) is 11.2 Å². The number of benzene rings is 1. The van der Waals surface area contributed by atoms with E-state index in [1.54, 1.807) is 6.07 Å². The topological polar surface area (TPSA) is 76.2 Å². The van der Waals surface area contributed by atoms with E-state index in [-0.39, 0.29) is 12.2 Å². The minimum atomic E-state index is -0.841. The summed E-state index contributed by atoms with van der Waals surface area (Å²) in [5, 5.41) is 12.3. The van der Waals surface area contributed by atoms with Crippen LogP contribution in [0.1, 0.15) is 24.6 Å². The average Bonchev–Trinajstić information content (AvgIpc) is 2.84. The lowest BCUT2D eigenvalue weighted by Gasteiger charge is -1.97.